The lowest BCUT2D eigenvalue weighted by atomic mass is 10.2. The summed E-state index contributed by atoms with van der Waals surface area (Å²) in [5.74, 6) is 2.51. The van der Waals surface area contributed by atoms with Crippen molar-refractivity contribution < 1.29 is 4.74 Å². The summed E-state index contributed by atoms with van der Waals surface area (Å²) >= 11 is 0. The first-order valence-corrected chi connectivity index (χ1v) is 9.56. The molecule has 0 aliphatic heterocycles. The molecule has 0 spiro atoms. The van der Waals surface area contributed by atoms with Crippen LogP contribution in [0.4, 0.5) is 0 Å². The molecule has 0 atom stereocenters. The second kappa shape index (κ2) is 15.3. The molecule has 0 amide bonds. The lowest BCUT2D eigenvalue weighted by Gasteiger charge is -2.08. The first-order chi connectivity index (χ1) is 11.5. The topological polar surface area (TPSA) is 21.3 Å². The minimum atomic E-state index is 0.781. The van der Waals surface area contributed by atoms with Gasteiger partial charge in [0.05, 0.1) is 6.61 Å². The zero-order valence-corrected chi connectivity index (χ0v) is 16.6. The van der Waals surface area contributed by atoms with E-state index < -0.39 is 0 Å². The van der Waals surface area contributed by atoms with Crippen LogP contribution in [0.3, 0.4) is 0 Å². The van der Waals surface area contributed by atoms with Crippen molar-refractivity contribution in [3.05, 3.63) is 36.4 Å². The monoisotopic (exact) mass is 333 g/mol. The molecule has 1 rings (SSSR count). The van der Waals surface area contributed by atoms with Gasteiger partial charge in [-0.2, -0.15) is 0 Å². The quantitative estimate of drug-likeness (QED) is 0.488. The number of hydrogen-bond donors (Lipinski definition) is 1. The summed E-state index contributed by atoms with van der Waals surface area (Å²) < 4.78 is 5.70. The van der Waals surface area contributed by atoms with Crippen LogP contribution in [-0.2, 0) is 0 Å². The Balaban J connectivity index is 0.000000506. The molecule has 0 heterocycles. The fourth-order valence-electron chi connectivity index (χ4n) is 2.15. The van der Waals surface area contributed by atoms with Crippen LogP contribution in [0, 0.1) is 11.8 Å². The SMILES string of the molecule is C=Cc1ccccc1OCCCCCC.CC(C)CNCC(C)C. The molecule has 0 aromatic heterocycles. The van der Waals surface area contributed by atoms with E-state index in [-0.39, 0.29) is 0 Å². The number of unbranched alkanes of at least 4 members (excludes halogenated alkanes) is 3. The van der Waals surface area contributed by atoms with Gasteiger partial charge < -0.3 is 10.1 Å². The number of hydrogen-bond acceptors (Lipinski definition) is 2. The Morgan fingerprint density at radius 1 is 1.00 bits per heavy atom. The van der Waals surface area contributed by atoms with Gasteiger partial charge in [-0.05, 0) is 37.4 Å². The fourth-order valence-corrected chi connectivity index (χ4v) is 2.15. The first-order valence-electron chi connectivity index (χ1n) is 9.56. The zero-order valence-electron chi connectivity index (χ0n) is 16.6. The number of para-hydroxylation sites is 1. The van der Waals surface area contributed by atoms with Gasteiger partial charge in [0.15, 0.2) is 0 Å². The predicted octanol–water partition coefficient (Wildman–Crippen LogP) is 6.18. The van der Waals surface area contributed by atoms with Crippen LogP contribution in [0.25, 0.3) is 6.08 Å². The molecule has 0 aliphatic rings. The highest BCUT2D eigenvalue weighted by Gasteiger charge is 1.98. The van der Waals surface area contributed by atoms with Crippen molar-refractivity contribution in [3.8, 4) is 5.75 Å². The van der Waals surface area contributed by atoms with E-state index in [1.807, 2.05) is 30.3 Å². The Labute approximate surface area is 150 Å². The Bertz CT molecular complexity index is 404. The van der Waals surface area contributed by atoms with E-state index in [9.17, 15) is 0 Å². The number of rotatable bonds is 11. The highest BCUT2D eigenvalue weighted by atomic mass is 16.5. The summed E-state index contributed by atoms with van der Waals surface area (Å²) in [7, 11) is 0. The molecule has 0 fully saturated rings. The molecule has 1 N–H and O–H groups in total. The van der Waals surface area contributed by atoms with E-state index >= 15 is 0 Å². The normalized spacial score (nSPS) is 10.5. The van der Waals surface area contributed by atoms with Gasteiger partial charge >= 0.3 is 0 Å². The molecular weight excluding hydrogens is 294 g/mol. The van der Waals surface area contributed by atoms with Crippen molar-refractivity contribution in [1.82, 2.24) is 5.32 Å². The molecule has 0 bridgehead atoms. The Kier molecular flexibility index (Phi) is 14.4. The largest absolute Gasteiger partial charge is 0.493 e. The van der Waals surface area contributed by atoms with Gasteiger partial charge in [-0.3, -0.25) is 0 Å². The van der Waals surface area contributed by atoms with Crippen LogP contribution in [0.15, 0.2) is 30.8 Å². The molecule has 0 saturated heterocycles. The van der Waals surface area contributed by atoms with Crippen molar-refractivity contribution in [2.45, 2.75) is 60.3 Å². The van der Waals surface area contributed by atoms with Crippen LogP contribution in [-0.4, -0.2) is 19.7 Å². The highest BCUT2D eigenvalue weighted by molar-refractivity contribution is 5.55. The molecule has 0 unspecified atom stereocenters. The fraction of sp³-hybridized carbons (Fsp3) is 0.636. The smallest absolute Gasteiger partial charge is 0.126 e. The second-order valence-electron chi connectivity index (χ2n) is 7.10. The third kappa shape index (κ3) is 13.2. The summed E-state index contributed by atoms with van der Waals surface area (Å²) in [6.45, 7) is 18.0. The number of ether oxygens (including phenoxy) is 1. The molecule has 2 nitrogen and oxygen atoms in total. The maximum atomic E-state index is 5.70. The summed E-state index contributed by atoms with van der Waals surface area (Å²) in [6, 6.07) is 8.01. The van der Waals surface area contributed by atoms with E-state index in [1.165, 1.54) is 19.3 Å². The minimum Gasteiger partial charge on any atom is -0.493 e. The molecule has 1 aromatic carbocycles. The van der Waals surface area contributed by atoms with Gasteiger partial charge in [-0.25, -0.2) is 0 Å². The Morgan fingerprint density at radius 3 is 2.17 bits per heavy atom. The van der Waals surface area contributed by atoms with Gasteiger partial charge in [0, 0.05) is 5.56 Å². The first kappa shape index (κ1) is 22.7. The average Bonchev–Trinajstić information content (AvgIpc) is 2.55. The van der Waals surface area contributed by atoms with Crippen LogP contribution >= 0.6 is 0 Å². The number of nitrogens with one attached hydrogen (secondary N) is 1. The van der Waals surface area contributed by atoms with E-state index in [2.05, 4.69) is 46.5 Å². The molecule has 0 saturated carbocycles. The third-order valence-electron chi connectivity index (χ3n) is 3.50. The van der Waals surface area contributed by atoms with Crippen molar-refractivity contribution in [2.24, 2.45) is 11.8 Å². The van der Waals surface area contributed by atoms with Crippen molar-refractivity contribution in [3.63, 3.8) is 0 Å². The molecule has 2 heteroatoms. The maximum absolute atomic E-state index is 5.70. The Morgan fingerprint density at radius 2 is 1.62 bits per heavy atom. The van der Waals surface area contributed by atoms with Crippen molar-refractivity contribution >= 4 is 6.08 Å². The molecule has 0 radical (unpaired) electrons. The van der Waals surface area contributed by atoms with E-state index in [4.69, 9.17) is 4.74 Å². The van der Waals surface area contributed by atoms with E-state index in [1.54, 1.807) is 0 Å². The van der Waals surface area contributed by atoms with Crippen LogP contribution in [0.1, 0.15) is 65.9 Å². The molecule has 0 aliphatic carbocycles. The van der Waals surface area contributed by atoms with Crippen molar-refractivity contribution in [2.75, 3.05) is 19.7 Å². The summed E-state index contributed by atoms with van der Waals surface area (Å²) in [5.41, 5.74) is 1.08. The molecule has 138 valence electrons. The van der Waals surface area contributed by atoms with Crippen LogP contribution in [0.2, 0.25) is 0 Å². The molecular formula is C22H39NO. The third-order valence-corrected chi connectivity index (χ3v) is 3.50. The van der Waals surface area contributed by atoms with Gasteiger partial charge in [-0.1, -0.05) is 84.7 Å². The lowest BCUT2D eigenvalue weighted by molar-refractivity contribution is 0.304. The van der Waals surface area contributed by atoms with Gasteiger partial charge in [-0.15, -0.1) is 0 Å². The standard InChI is InChI=1S/C14H20O.C8H19N/c1-3-5-6-9-12-15-14-11-8-7-10-13(14)4-2;1-7(2)5-9-6-8(3)4/h4,7-8,10-11H,2-3,5-6,9,12H2,1H3;7-9H,5-6H2,1-4H3. The van der Waals surface area contributed by atoms with Crippen molar-refractivity contribution in [1.29, 1.82) is 0 Å². The highest BCUT2D eigenvalue weighted by Crippen LogP contribution is 2.19. The average molecular weight is 334 g/mol. The second-order valence-corrected chi connectivity index (χ2v) is 7.10. The van der Waals surface area contributed by atoms with Crippen LogP contribution in [0.5, 0.6) is 5.75 Å². The predicted molar refractivity (Wildman–Crippen MR) is 109 cm³/mol. The molecule has 24 heavy (non-hydrogen) atoms. The van der Waals surface area contributed by atoms with Gasteiger partial charge in [0.1, 0.15) is 5.75 Å². The maximum Gasteiger partial charge on any atom is 0.126 e. The summed E-state index contributed by atoms with van der Waals surface area (Å²) in [5, 5.41) is 3.38. The van der Waals surface area contributed by atoms with E-state index in [0.29, 0.717) is 0 Å². The van der Waals surface area contributed by atoms with Gasteiger partial charge in [0.25, 0.3) is 0 Å². The summed E-state index contributed by atoms with van der Waals surface area (Å²) in [4.78, 5) is 0. The Hall–Kier alpha value is -1.28. The lowest BCUT2D eigenvalue weighted by Crippen LogP contribution is -2.23. The van der Waals surface area contributed by atoms with E-state index in [0.717, 1.165) is 49.3 Å². The summed E-state index contributed by atoms with van der Waals surface area (Å²) in [6.07, 6.45) is 6.79. The molecule has 1 aromatic rings. The van der Waals surface area contributed by atoms with Gasteiger partial charge in [0.2, 0.25) is 0 Å². The zero-order chi connectivity index (χ0) is 18.2. The number of benzene rings is 1. The van der Waals surface area contributed by atoms with Crippen LogP contribution < -0.4 is 10.1 Å². The minimum absolute atomic E-state index is 0.781.